The molecule has 0 spiro atoms. The first kappa shape index (κ1) is 14.4. The van der Waals surface area contributed by atoms with Crippen LogP contribution in [0.2, 0.25) is 0 Å². The number of benzene rings is 1. The summed E-state index contributed by atoms with van der Waals surface area (Å²) in [5.74, 6) is 0. The van der Waals surface area contributed by atoms with Crippen molar-refractivity contribution >= 4 is 5.69 Å². The van der Waals surface area contributed by atoms with E-state index in [4.69, 9.17) is 5.73 Å². The minimum Gasteiger partial charge on any atom is -0.370 e. The summed E-state index contributed by atoms with van der Waals surface area (Å²) in [6.07, 6.45) is 3.53. The third-order valence-electron chi connectivity index (χ3n) is 4.06. The maximum absolute atomic E-state index is 5.97. The van der Waals surface area contributed by atoms with Crippen LogP contribution in [0.25, 0.3) is 0 Å². The second-order valence-electron chi connectivity index (χ2n) is 5.98. The molecule has 1 aromatic carbocycles. The summed E-state index contributed by atoms with van der Waals surface area (Å²) < 4.78 is 0. The molecule has 0 radical (unpaired) electrons. The average Bonchev–Trinajstić information content (AvgIpc) is 2.38. The van der Waals surface area contributed by atoms with Crippen molar-refractivity contribution in [2.24, 2.45) is 5.73 Å². The average molecular weight is 261 g/mol. The quantitative estimate of drug-likeness (QED) is 0.901. The van der Waals surface area contributed by atoms with E-state index in [1.807, 2.05) is 0 Å². The van der Waals surface area contributed by atoms with Crippen LogP contribution in [0.4, 0.5) is 5.69 Å². The van der Waals surface area contributed by atoms with Gasteiger partial charge in [0.1, 0.15) is 0 Å². The molecule has 2 rings (SSSR count). The smallest absolute Gasteiger partial charge is 0.0414 e. The highest BCUT2D eigenvalue weighted by Gasteiger charge is 2.22. The number of hydrogen-bond acceptors (Lipinski definition) is 3. The zero-order chi connectivity index (χ0) is 13.8. The molecule has 1 aliphatic heterocycles. The minimum atomic E-state index is 0.212. The second-order valence-corrected chi connectivity index (χ2v) is 5.98. The van der Waals surface area contributed by atoms with Crippen LogP contribution < -0.4 is 10.6 Å². The van der Waals surface area contributed by atoms with E-state index in [2.05, 4.69) is 55.1 Å². The third-order valence-corrected chi connectivity index (χ3v) is 4.06. The summed E-state index contributed by atoms with van der Waals surface area (Å²) in [6, 6.07) is 9.51. The Morgan fingerprint density at radius 3 is 2.84 bits per heavy atom. The van der Waals surface area contributed by atoms with Gasteiger partial charge in [0.2, 0.25) is 0 Å². The second kappa shape index (κ2) is 6.40. The Kier molecular flexibility index (Phi) is 4.83. The number of para-hydroxylation sites is 1. The van der Waals surface area contributed by atoms with Crippen LogP contribution in [0, 0.1) is 0 Å². The van der Waals surface area contributed by atoms with Gasteiger partial charge in [-0.05, 0) is 51.4 Å². The van der Waals surface area contributed by atoms with E-state index in [1.165, 1.54) is 30.6 Å². The van der Waals surface area contributed by atoms with Crippen molar-refractivity contribution in [2.45, 2.75) is 38.3 Å². The van der Waals surface area contributed by atoms with Gasteiger partial charge in [-0.1, -0.05) is 18.2 Å². The van der Waals surface area contributed by atoms with Gasteiger partial charge in [-0.25, -0.2) is 0 Å². The molecule has 1 fully saturated rings. The van der Waals surface area contributed by atoms with Crippen molar-refractivity contribution in [3.05, 3.63) is 29.8 Å². The largest absolute Gasteiger partial charge is 0.370 e. The van der Waals surface area contributed by atoms with Crippen molar-refractivity contribution in [2.75, 3.05) is 32.1 Å². The topological polar surface area (TPSA) is 32.5 Å². The number of anilines is 1. The van der Waals surface area contributed by atoms with Crippen molar-refractivity contribution in [3.8, 4) is 0 Å². The van der Waals surface area contributed by atoms with Gasteiger partial charge < -0.3 is 15.5 Å². The van der Waals surface area contributed by atoms with Gasteiger partial charge in [-0.15, -0.1) is 0 Å². The van der Waals surface area contributed by atoms with E-state index < -0.39 is 0 Å². The highest BCUT2D eigenvalue weighted by molar-refractivity contribution is 5.54. The van der Waals surface area contributed by atoms with E-state index in [-0.39, 0.29) is 6.04 Å². The highest BCUT2D eigenvalue weighted by Crippen LogP contribution is 2.25. The monoisotopic (exact) mass is 261 g/mol. The number of rotatable bonds is 4. The zero-order valence-corrected chi connectivity index (χ0v) is 12.5. The molecule has 0 aliphatic carbocycles. The lowest BCUT2D eigenvalue weighted by molar-refractivity contribution is 0.248. The normalized spacial score (nSPS) is 22.2. The molecule has 1 aromatic rings. The molecule has 2 unspecified atom stereocenters. The van der Waals surface area contributed by atoms with Crippen LogP contribution >= 0.6 is 0 Å². The molecule has 1 heterocycles. The predicted molar refractivity (Wildman–Crippen MR) is 82.7 cm³/mol. The van der Waals surface area contributed by atoms with Crippen LogP contribution in [0.15, 0.2) is 24.3 Å². The van der Waals surface area contributed by atoms with Crippen molar-refractivity contribution in [1.82, 2.24) is 4.90 Å². The molecular weight excluding hydrogens is 234 g/mol. The number of nitrogens with zero attached hydrogens (tertiary/aromatic N) is 2. The van der Waals surface area contributed by atoms with E-state index in [0.717, 1.165) is 13.0 Å². The lowest BCUT2D eigenvalue weighted by Crippen LogP contribution is -2.45. The number of likely N-dealkylation sites (N-methyl/N-ethyl adjacent to an activating group) is 2. The fourth-order valence-electron chi connectivity index (χ4n) is 3.03. The van der Waals surface area contributed by atoms with Crippen LogP contribution in [0.5, 0.6) is 0 Å². The summed E-state index contributed by atoms with van der Waals surface area (Å²) in [5.41, 5.74) is 8.68. The summed E-state index contributed by atoms with van der Waals surface area (Å²) in [6.45, 7) is 4.46. The van der Waals surface area contributed by atoms with Gasteiger partial charge in [0.25, 0.3) is 0 Å². The first-order valence-corrected chi connectivity index (χ1v) is 7.33. The molecule has 3 nitrogen and oxygen atoms in total. The standard InChI is InChI=1S/C16H27N3/c1-13(17)11-14-7-4-5-9-16(14)19(3)15-8-6-10-18(2)12-15/h4-5,7,9,13,15H,6,8,10-12,17H2,1-3H3. The summed E-state index contributed by atoms with van der Waals surface area (Å²) in [4.78, 5) is 4.88. The van der Waals surface area contributed by atoms with Crippen LogP contribution in [-0.2, 0) is 6.42 Å². The Morgan fingerprint density at radius 1 is 1.42 bits per heavy atom. The van der Waals surface area contributed by atoms with Gasteiger partial charge >= 0.3 is 0 Å². The molecule has 1 saturated heterocycles. The number of likely N-dealkylation sites (tertiary alicyclic amines) is 1. The molecule has 0 bridgehead atoms. The number of hydrogen-bond donors (Lipinski definition) is 1. The molecule has 2 N–H and O–H groups in total. The van der Waals surface area contributed by atoms with Gasteiger partial charge in [-0.2, -0.15) is 0 Å². The van der Waals surface area contributed by atoms with Crippen LogP contribution in [0.3, 0.4) is 0 Å². The summed E-state index contributed by atoms with van der Waals surface area (Å²) >= 11 is 0. The Morgan fingerprint density at radius 2 is 2.16 bits per heavy atom. The molecule has 3 heteroatoms. The highest BCUT2D eigenvalue weighted by atomic mass is 15.2. The van der Waals surface area contributed by atoms with Crippen molar-refractivity contribution in [3.63, 3.8) is 0 Å². The molecule has 0 aromatic heterocycles. The third kappa shape index (κ3) is 3.71. The van der Waals surface area contributed by atoms with Crippen LogP contribution in [-0.4, -0.2) is 44.2 Å². The SMILES string of the molecule is CC(N)Cc1ccccc1N(C)C1CCCN(C)C1. The first-order valence-electron chi connectivity index (χ1n) is 7.33. The number of piperidine rings is 1. The Labute approximate surface area is 117 Å². The van der Waals surface area contributed by atoms with E-state index in [0.29, 0.717) is 6.04 Å². The molecule has 2 atom stereocenters. The van der Waals surface area contributed by atoms with E-state index in [9.17, 15) is 0 Å². The maximum Gasteiger partial charge on any atom is 0.0414 e. The van der Waals surface area contributed by atoms with Crippen LogP contribution in [0.1, 0.15) is 25.3 Å². The summed E-state index contributed by atoms with van der Waals surface area (Å²) in [5, 5.41) is 0. The lowest BCUT2D eigenvalue weighted by atomic mass is 10.0. The Bertz CT molecular complexity index is 403. The van der Waals surface area contributed by atoms with Crippen molar-refractivity contribution in [1.29, 1.82) is 0 Å². The number of nitrogens with two attached hydrogens (primary N) is 1. The molecular formula is C16H27N3. The molecule has 0 amide bonds. The maximum atomic E-state index is 5.97. The van der Waals surface area contributed by atoms with Crippen molar-refractivity contribution < 1.29 is 0 Å². The molecule has 1 aliphatic rings. The van der Waals surface area contributed by atoms with Gasteiger partial charge in [0.15, 0.2) is 0 Å². The zero-order valence-electron chi connectivity index (χ0n) is 12.5. The van der Waals surface area contributed by atoms with E-state index >= 15 is 0 Å². The predicted octanol–water partition coefficient (Wildman–Crippen LogP) is 2.11. The molecule has 106 valence electrons. The lowest BCUT2D eigenvalue weighted by Gasteiger charge is -2.38. The molecule has 0 saturated carbocycles. The van der Waals surface area contributed by atoms with Gasteiger partial charge in [0, 0.05) is 31.4 Å². The minimum absolute atomic E-state index is 0.212. The Balaban J connectivity index is 2.15. The fourth-order valence-corrected chi connectivity index (χ4v) is 3.03. The Hall–Kier alpha value is -1.06. The van der Waals surface area contributed by atoms with Gasteiger partial charge in [-0.3, -0.25) is 0 Å². The molecule has 19 heavy (non-hydrogen) atoms. The van der Waals surface area contributed by atoms with E-state index in [1.54, 1.807) is 0 Å². The fraction of sp³-hybridized carbons (Fsp3) is 0.625. The first-order chi connectivity index (χ1) is 9.08. The van der Waals surface area contributed by atoms with Gasteiger partial charge in [0.05, 0.1) is 0 Å². The summed E-state index contributed by atoms with van der Waals surface area (Å²) in [7, 11) is 4.44.